The molecule has 1 aliphatic heterocycles. The Morgan fingerprint density at radius 3 is 2.67 bits per heavy atom. The molecule has 1 aromatic carbocycles. The predicted molar refractivity (Wildman–Crippen MR) is 110 cm³/mol. The van der Waals surface area contributed by atoms with E-state index >= 15 is 0 Å². The van der Waals surface area contributed by atoms with E-state index in [-0.39, 0.29) is 23.2 Å². The Balaban J connectivity index is 1.43. The highest BCUT2D eigenvalue weighted by molar-refractivity contribution is 5.96. The highest BCUT2D eigenvalue weighted by atomic mass is 19.1. The molecule has 1 amide bonds. The summed E-state index contributed by atoms with van der Waals surface area (Å²) < 4.78 is 43.4. The Kier molecular flexibility index (Phi) is 6.08. The van der Waals surface area contributed by atoms with Gasteiger partial charge in [0, 0.05) is 25.1 Å². The number of aromatic nitrogens is 1. The maximum Gasteiger partial charge on any atom is 0.340 e. The number of rotatable bonds is 5. The van der Waals surface area contributed by atoms with Crippen molar-refractivity contribution in [3.63, 3.8) is 0 Å². The molecule has 0 aliphatic carbocycles. The van der Waals surface area contributed by atoms with Gasteiger partial charge in [-0.2, -0.15) is 10.2 Å². The van der Waals surface area contributed by atoms with Gasteiger partial charge in [-0.15, -0.1) is 0 Å². The number of furan rings is 1. The lowest BCUT2D eigenvalue weighted by Gasteiger charge is -2.31. The minimum atomic E-state index is -1.08. The van der Waals surface area contributed by atoms with Gasteiger partial charge < -0.3 is 23.8 Å². The van der Waals surface area contributed by atoms with Crippen molar-refractivity contribution in [1.82, 2.24) is 4.98 Å². The molecular weight excluding hydrogens is 438 g/mol. The van der Waals surface area contributed by atoms with E-state index in [0.717, 1.165) is 13.2 Å². The van der Waals surface area contributed by atoms with Crippen LogP contribution in [0.25, 0.3) is 11.7 Å². The SMILES string of the molecule is COC(=O)c1cc(NC(=O)C2CCN(c3oc(-c4ccco4)nc3C#N)CC2)c(F)cc1F. The maximum absolute atomic E-state index is 14.1. The monoisotopic (exact) mass is 456 g/mol. The van der Waals surface area contributed by atoms with E-state index in [9.17, 15) is 23.6 Å². The number of carbonyl (C=O) groups excluding carboxylic acids is 2. The Labute approximate surface area is 186 Å². The van der Waals surface area contributed by atoms with Gasteiger partial charge in [0.05, 0.1) is 24.6 Å². The van der Waals surface area contributed by atoms with Crippen LogP contribution in [-0.4, -0.2) is 37.1 Å². The second-order valence-corrected chi connectivity index (χ2v) is 7.32. The van der Waals surface area contributed by atoms with Crippen molar-refractivity contribution in [1.29, 1.82) is 5.26 Å². The average Bonchev–Trinajstić information content (AvgIpc) is 3.50. The van der Waals surface area contributed by atoms with Gasteiger partial charge in [0.15, 0.2) is 5.76 Å². The Morgan fingerprint density at radius 2 is 2.03 bits per heavy atom. The normalized spacial score (nSPS) is 14.1. The zero-order valence-electron chi connectivity index (χ0n) is 17.4. The van der Waals surface area contributed by atoms with Gasteiger partial charge in [-0.25, -0.2) is 13.6 Å². The first-order valence-corrected chi connectivity index (χ1v) is 9.99. The minimum Gasteiger partial charge on any atom is -0.465 e. The molecule has 3 aromatic rings. The molecule has 1 N–H and O–H groups in total. The van der Waals surface area contributed by atoms with Crippen molar-refractivity contribution in [2.24, 2.45) is 5.92 Å². The van der Waals surface area contributed by atoms with Crippen LogP contribution in [0.4, 0.5) is 20.4 Å². The standard InChI is InChI=1S/C22H18F2N4O5/c1-31-22(30)13-9-16(15(24)10-14(13)23)26-19(29)12-4-6-28(7-5-12)21-17(11-25)27-20(33-21)18-3-2-8-32-18/h2-3,8-10,12H,4-7H2,1H3,(H,26,29). The summed E-state index contributed by atoms with van der Waals surface area (Å²) in [5.74, 6) is -3.15. The van der Waals surface area contributed by atoms with Crippen LogP contribution in [0.15, 0.2) is 39.4 Å². The third-order valence-corrected chi connectivity index (χ3v) is 5.32. The van der Waals surface area contributed by atoms with E-state index in [1.807, 2.05) is 6.07 Å². The molecule has 0 saturated carbocycles. The molecule has 11 heteroatoms. The molecule has 3 heterocycles. The highest BCUT2D eigenvalue weighted by Crippen LogP contribution is 2.32. The number of nitrogens with zero attached hydrogens (tertiary/aromatic N) is 3. The molecule has 33 heavy (non-hydrogen) atoms. The summed E-state index contributed by atoms with van der Waals surface area (Å²) in [7, 11) is 1.07. The molecule has 1 saturated heterocycles. The number of amides is 1. The van der Waals surface area contributed by atoms with Crippen molar-refractivity contribution in [2.45, 2.75) is 12.8 Å². The summed E-state index contributed by atoms with van der Waals surface area (Å²) in [6.45, 7) is 0.776. The fourth-order valence-electron chi connectivity index (χ4n) is 3.60. The number of hydrogen-bond donors (Lipinski definition) is 1. The lowest BCUT2D eigenvalue weighted by atomic mass is 9.95. The molecule has 0 unspecified atom stereocenters. The molecule has 0 spiro atoms. The number of esters is 1. The number of ether oxygens (including phenoxy) is 1. The number of oxazole rings is 1. The largest absolute Gasteiger partial charge is 0.465 e. The fraction of sp³-hybridized carbons (Fsp3) is 0.273. The van der Waals surface area contributed by atoms with Gasteiger partial charge in [0.25, 0.3) is 5.89 Å². The molecule has 2 aromatic heterocycles. The van der Waals surface area contributed by atoms with Crippen LogP contribution >= 0.6 is 0 Å². The number of nitrogens with one attached hydrogen (secondary N) is 1. The molecule has 1 aliphatic rings. The van der Waals surface area contributed by atoms with E-state index in [1.54, 1.807) is 17.0 Å². The second-order valence-electron chi connectivity index (χ2n) is 7.32. The van der Waals surface area contributed by atoms with Crippen LogP contribution in [0.5, 0.6) is 0 Å². The third kappa shape index (κ3) is 4.41. The van der Waals surface area contributed by atoms with Crippen LogP contribution in [0.1, 0.15) is 28.9 Å². The smallest absolute Gasteiger partial charge is 0.340 e. The van der Waals surface area contributed by atoms with Crippen molar-refractivity contribution in [2.75, 3.05) is 30.4 Å². The maximum atomic E-state index is 14.1. The van der Waals surface area contributed by atoms with Gasteiger partial charge in [-0.05, 0) is 31.0 Å². The van der Waals surface area contributed by atoms with E-state index in [1.165, 1.54) is 6.26 Å². The molecule has 0 atom stereocenters. The van der Waals surface area contributed by atoms with E-state index in [2.05, 4.69) is 15.0 Å². The van der Waals surface area contributed by atoms with Crippen LogP contribution in [-0.2, 0) is 9.53 Å². The lowest BCUT2D eigenvalue weighted by molar-refractivity contribution is -0.120. The van der Waals surface area contributed by atoms with Gasteiger partial charge in [0.1, 0.15) is 17.7 Å². The van der Waals surface area contributed by atoms with Crippen molar-refractivity contribution < 1.29 is 31.9 Å². The molecular formula is C22H18F2N4O5. The van der Waals surface area contributed by atoms with Crippen molar-refractivity contribution in [3.05, 3.63) is 53.4 Å². The first kappa shape index (κ1) is 22.0. The van der Waals surface area contributed by atoms with Gasteiger partial charge in [0.2, 0.25) is 17.5 Å². The fourth-order valence-corrected chi connectivity index (χ4v) is 3.60. The predicted octanol–water partition coefficient (Wildman–Crippen LogP) is 3.73. The van der Waals surface area contributed by atoms with Crippen molar-refractivity contribution in [3.8, 4) is 17.7 Å². The molecule has 0 radical (unpaired) electrons. The van der Waals surface area contributed by atoms with Gasteiger partial charge in [-0.1, -0.05) is 0 Å². The van der Waals surface area contributed by atoms with Crippen LogP contribution < -0.4 is 10.2 Å². The molecule has 9 nitrogen and oxygen atoms in total. The topological polar surface area (TPSA) is 122 Å². The summed E-state index contributed by atoms with van der Waals surface area (Å²) in [5, 5.41) is 11.8. The van der Waals surface area contributed by atoms with Crippen LogP contribution in [0.2, 0.25) is 0 Å². The van der Waals surface area contributed by atoms with E-state index in [0.29, 0.717) is 37.8 Å². The highest BCUT2D eigenvalue weighted by Gasteiger charge is 2.30. The summed E-state index contributed by atoms with van der Waals surface area (Å²) in [4.78, 5) is 30.3. The van der Waals surface area contributed by atoms with Gasteiger partial charge >= 0.3 is 5.97 Å². The Morgan fingerprint density at radius 1 is 1.27 bits per heavy atom. The average molecular weight is 456 g/mol. The number of carbonyl (C=O) groups is 2. The molecule has 0 bridgehead atoms. The zero-order valence-corrected chi connectivity index (χ0v) is 17.4. The number of anilines is 2. The summed E-state index contributed by atoms with van der Waals surface area (Å²) in [5.41, 5.74) is -0.687. The van der Waals surface area contributed by atoms with E-state index < -0.39 is 35.0 Å². The molecule has 4 rings (SSSR count). The minimum absolute atomic E-state index is 0.105. The number of methoxy groups -OCH3 is 1. The third-order valence-electron chi connectivity index (χ3n) is 5.32. The summed E-state index contributed by atoms with van der Waals surface area (Å²) in [6, 6.07) is 6.76. The first-order chi connectivity index (χ1) is 15.9. The lowest BCUT2D eigenvalue weighted by Crippen LogP contribution is -2.38. The quantitative estimate of drug-likeness (QED) is 0.577. The zero-order chi connectivity index (χ0) is 23.5. The first-order valence-electron chi connectivity index (χ1n) is 9.99. The van der Waals surface area contributed by atoms with E-state index in [4.69, 9.17) is 8.83 Å². The number of halogens is 2. The second kappa shape index (κ2) is 9.12. The number of nitriles is 1. The number of hydrogen-bond acceptors (Lipinski definition) is 8. The Bertz CT molecular complexity index is 1220. The Hall–Kier alpha value is -4.20. The molecule has 170 valence electrons. The van der Waals surface area contributed by atoms with Crippen molar-refractivity contribution >= 4 is 23.4 Å². The van der Waals surface area contributed by atoms with Crippen LogP contribution in [0, 0.1) is 28.9 Å². The number of piperidine rings is 1. The molecule has 1 fully saturated rings. The number of benzene rings is 1. The summed E-state index contributed by atoms with van der Waals surface area (Å²) in [6.07, 6.45) is 2.24. The van der Waals surface area contributed by atoms with Gasteiger partial charge in [-0.3, -0.25) is 4.79 Å². The van der Waals surface area contributed by atoms with Crippen LogP contribution in [0.3, 0.4) is 0 Å². The summed E-state index contributed by atoms with van der Waals surface area (Å²) >= 11 is 0.